The highest BCUT2D eigenvalue weighted by atomic mass is 16.5. The molecule has 156 valence electrons. The Kier molecular flexibility index (Phi) is 8.42. The quantitative estimate of drug-likeness (QED) is 0.488. The maximum atomic E-state index is 8.77. The van der Waals surface area contributed by atoms with Crippen LogP contribution in [0.5, 0.6) is 5.88 Å². The van der Waals surface area contributed by atoms with E-state index in [9.17, 15) is 0 Å². The highest BCUT2D eigenvalue weighted by Crippen LogP contribution is 2.23. The fourth-order valence-electron chi connectivity index (χ4n) is 3.07. The molecule has 7 nitrogen and oxygen atoms in total. The molecule has 3 rings (SSSR count). The average Bonchev–Trinajstić information content (AvgIpc) is 2.74. The molecule has 0 amide bonds. The standard InChI is InChI=1S/C22H29N3O4/c1-18-3-2-4-19(13-18)16-23-17-20-14-21(25-5-8-27-9-6-25)15-22(24-20)29-12-11-28-10-7-26/h2-4,13-16,26H,5-12,17H2,1H3. The lowest BCUT2D eigenvalue weighted by Gasteiger charge is -2.29. The van der Waals surface area contributed by atoms with Crippen molar-refractivity contribution in [1.29, 1.82) is 0 Å². The number of nitrogens with zero attached hydrogens (tertiary/aromatic N) is 3. The third-order valence-electron chi connectivity index (χ3n) is 4.46. The lowest BCUT2D eigenvalue weighted by molar-refractivity contribution is 0.0694. The molecule has 0 saturated carbocycles. The topological polar surface area (TPSA) is 76.4 Å². The molecule has 1 fully saturated rings. The zero-order chi connectivity index (χ0) is 20.3. The van der Waals surface area contributed by atoms with Crippen molar-refractivity contribution in [2.24, 2.45) is 4.99 Å². The van der Waals surface area contributed by atoms with Crippen LogP contribution in [0.1, 0.15) is 16.8 Å². The fourth-order valence-corrected chi connectivity index (χ4v) is 3.07. The van der Waals surface area contributed by atoms with E-state index in [1.807, 2.05) is 24.4 Å². The summed E-state index contributed by atoms with van der Waals surface area (Å²) in [5.74, 6) is 0.558. The first-order chi connectivity index (χ1) is 14.2. The van der Waals surface area contributed by atoms with Crippen LogP contribution in [0.15, 0.2) is 41.4 Å². The number of morpholine rings is 1. The van der Waals surface area contributed by atoms with Gasteiger partial charge in [-0.2, -0.15) is 0 Å². The maximum Gasteiger partial charge on any atom is 0.215 e. The van der Waals surface area contributed by atoms with Crippen LogP contribution >= 0.6 is 0 Å². The van der Waals surface area contributed by atoms with Gasteiger partial charge >= 0.3 is 0 Å². The van der Waals surface area contributed by atoms with Crippen LogP contribution in [-0.2, 0) is 16.0 Å². The minimum absolute atomic E-state index is 0.00779. The fraction of sp³-hybridized carbons (Fsp3) is 0.455. The summed E-state index contributed by atoms with van der Waals surface area (Å²) in [4.78, 5) is 11.4. The second-order valence-corrected chi connectivity index (χ2v) is 6.82. The molecule has 29 heavy (non-hydrogen) atoms. The number of aromatic nitrogens is 1. The van der Waals surface area contributed by atoms with Gasteiger partial charge in [-0.1, -0.05) is 29.8 Å². The van der Waals surface area contributed by atoms with Gasteiger partial charge in [-0.05, 0) is 18.6 Å². The second kappa shape index (κ2) is 11.5. The number of benzene rings is 1. The summed E-state index contributed by atoms with van der Waals surface area (Å²) in [6, 6.07) is 12.2. The van der Waals surface area contributed by atoms with Crippen LogP contribution < -0.4 is 9.64 Å². The lowest BCUT2D eigenvalue weighted by atomic mass is 10.1. The van der Waals surface area contributed by atoms with E-state index in [1.54, 1.807) is 0 Å². The van der Waals surface area contributed by atoms with Gasteiger partial charge in [-0.15, -0.1) is 0 Å². The Balaban J connectivity index is 1.68. The van der Waals surface area contributed by atoms with Crippen LogP contribution in [-0.4, -0.2) is 69.0 Å². The van der Waals surface area contributed by atoms with E-state index in [-0.39, 0.29) is 6.61 Å². The van der Waals surface area contributed by atoms with Crippen molar-refractivity contribution in [3.63, 3.8) is 0 Å². The summed E-state index contributed by atoms with van der Waals surface area (Å²) in [7, 11) is 0. The van der Waals surface area contributed by atoms with Crippen LogP contribution in [0.4, 0.5) is 5.69 Å². The normalized spacial score (nSPS) is 14.5. The Bertz CT molecular complexity index is 791. The molecule has 0 aliphatic carbocycles. The first kappa shape index (κ1) is 21.2. The highest BCUT2D eigenvalue weighted by Gasteiger charge is 2.14. The number of aryl methyl sites for hydroxylation is 1. The molecule has 2 heterocycles. The van der Waals surface area contributed by atoms with Crippen molar-refractivity contribution >= 4 is 11.9 Å². The molecule has 2 aromatic rings. The van der Waals surface area contributed by atoms with Gasteiger partial charge in [0.2, 0.25) is 5.88 Å². The Hall–Kier alpha value is -2.48. The molecule has 1 aromatic heterocycles. The first-order valence-corrected chi connectivity index (χ1v) is 9.96. The molecule has 0 bridgehead atoms. The Morgan fingerprint density at radius 1 is 1.17 bits per heavy atom. The maximum absolute atomic E-state index is 8.77. The first-order valence-electron chi connectivity index (χ1n) is 9.96. The second-order valence-electron chi connectivity index (χ2n) is 6.82. The highest BCUT2D eigenvalue weighted by molar-refractivity contribution is 5.79. The number of pyridine rings is 1. The molecule has 0 radical (unpaired) electrons. The largest absolute Gasteiger partial charge is 0.475 e. The minimum atomic E-state index is 0.00779. The van der Waals surface area contributed by atoms with E-state index < -0.39 is 0 Å². The van der Waals surface area contributed by atoms with E-state index >= 15 is 0 Å². The van der Waals surface area contributed by atoms with E-state index in [0.717, 1.165) is 30.0 Å². The average molecular weight is 399 g/mol. The zero-order valence-electron chi connectivity index (χ0n) is 16.9. The molecule has 1 aliphatic heterocycles. The van der Waals surface area contributed by atoms with E-state index in [1.165, 1.54) is 5.56 Å². The summed E-state index contributed by atoms with van der Waals surface area (Å²) in [6.07, 6.45) is 1.87. The third-order valence-corrected chi connectivity index (χ3v) is 4.46. The number of hydrogen-bond donors (Lipinski definition) is 1. The summed E-state index contributed by atoms with van der Waals surface area (Å²) >= 11 is 0. The predicted molar refractivity (Wildman–Crippen MR) is 113 cm³/mol. The SMILES string of the molecule is Cc1cccc(C=NCc2cc(N3CCOCC3)cc(OCCOCCO)n2)c1. The number of aliphatic imine (C=N–C) groups is 1. The van der Waals surface area contributed by atoms with Gasteiger partial charge in [0.05, 0.1) is 45.3 Å². The molecule has 1 saturated heterocycles. The van der Waals surface area contributed by atoms with Crippen LogP contribution in [0.2, 0.25) is 0 Å². The van der Waals surface area contributed by atoms with Gasteiger partial charge in [0.15, 0.2) is 0 Å². The molecule has 0 atom stereocenters. The monoisotopic (exact) mass is 399 g/mol. The Morgan fingerprint density at radius 3 is 2.83 bits per heavy atom. The number of ether oxygens (including phenoxy) is 3. The summed E-state index contributed by atoms with van der Waals surface area (Å²) in [6.45, 7) is 6.77. The smallest absolute Gasteiger partial charge is 0.215 e. The predicted octanol–water partition coefficient (Wildman–Crippen LogP) is 2.23. The van der Waals surface area contributed by atoms with Crippen LogP contribution in [0.25, 0.3) is 0 Å². The van der Waals surface area contributed by atoms with E-state index in [2.05, 4.69) is 40.0 Å². The van der Waals surface area contributed by atoms with Crippen LogP contribution in [0, 0.1) is 6.92 Å². The number of aliphatic hydroxyl groups is 1. The van der Waals surface area contributed by atoms with Crippen molar-refractivity contribution in [2.75, 3.05) is 57.6 Å². The molecule has 0 spiro atoms. The summed E-state index contributed by atoms with van der Waals surface area (Å²) in [5, 5.41) is 8.77. The van der Waals surface area contributed by atoms with Gasteiger partial charge in [0.1, 0.15) is 6.61 Å². The number of rotatable bonds is 10. The molecular formula is C22H29N3O4. The van der Waals surface area contributed by atoms with E-state index in [0.29, 0.717) is 45.5 Å². The summed E-state index contributed by atoms with van der Waals surface area (Å²) in [5.41, 5.74) is 4.20. The van der Waals surface area contributed by atoms with Gasteiger partial charge < -0.3 is 24.2 Å². The van der Waals surface area contributed by atoms with Gasteiger partial charge in [0, 0.05) is 31.1 Å². The number of hydrogen-bond acceptors (Lipinski definition) is 7. The van der Waals surface area contributed by atoms with Crippen molar-refractivity contribution in [2.45, 2.75) is 13.5 Å². The Labute approximate surface area is 172 Å². The number of anilines is 1. The molecule has 1 N–H and O–H groups in total. The molecule has 1 aromatic carbocycles. The zero-order valence-corrected chi connectivity index (χ0v) is 16.9. The lowest BCUT2D eigenvalue weighted by Crippen LogP contribution is -2.36. The molecular weight excluding hydrogens is 370 g/mol. The van der Waals surface area contributed by atoms with Gasteiger partial charge in [0.25, 0.3) is 0 Å². The van der Waals surface area contributed by atoms with Crippen molar-refractivity contribution in [3.05, 3.63) is 53.2 Å². The van der Waals surface area contributed by atoms with Gasteiger partial charge in [-0.3, -0.25) is 4.99 Å². The molecule has 0 unspecified atom stereocenters. The van der Waals surface area contributed by atoms with Crippen LogP contribution in [0.3, 0.4) is 0 Å². The van der Waals surface area contributed by atoms with Gasteiger partial charge in [-0.25, -0.2) is 4.98 Å². The van der Waals surface area contributed by atoms with E-state index in [4.69, 9.17) is 19.3 Å². The van der Waals surface area contributed by atoms with Crippen molar-refractivity contribution < 1.29 is 19.3 Å². The van der Waals surface area contributed by atoms with Crippen molar-refractivity contribution in [3.8, 4) is 5.88 Å². The third kappa shape index (κ3) is 7.12. The van der Waals surface area contributed by atoms with Crippen molar-refractivity contribution in [1.82, 2.24) is 4.98 Å². The minimum Gasteiger partial charge on any atom is -0.475 e. The summed E-state index contributed by atoms with van der Waals surface area (Å²) < 4.78 is 16.5. The Morgan fingerprint density at radius 2 is 2.03 bits per heavy atom. The number of aliphatic hydroxyl groups excluding tert-OH is 1. The molecule has 7 heteroatoms. The molecule has 1 aliphatic rings.